The van der Waals surface area contributed by atoms with Gasteiger partial charge < -0.3 is 9.72 Å². The molecule has 2 heteroatoms. The lowest BCUT2D eigenvalue weighted by Gasteiger charge is -2.17. The van der Waals surface area contributed by atoms with Crippen LogP contribution in [0, 0.1) is 0 Å². The average molecular weight is 249 g/mol. The molecule has 3 aromatic rings. The maximum absolute atomic E-state index is 5.32. The van der Waals surface area contributed by atoms with Gasteiger partial charge in [-0.15, -0.1) is 0 Å². The predicted molar refractivity (Wildman–Crippen MR) is 77.7 cm³/mol. The number of H-pyrrole nitrogens is 1. The van der Waals surface area contributed by atoms with Gasteiger partial charge in [0.05, 0.1) is 7.11 Å². The van der Waals surface area contributed by atoms with Crippen molar-refractivity contribution in [2.75, 3.05) is 7.11 Å². The van der Waals surface area contributed by atoms with Gasteiger partial charge in [0.1, 0.15) is 5.75 Å². The van der Waals surface area contributed by atoms with Crippen LogP contribution in [0.3, 0.4) is 0 Å². The smallest absolute Gasteiger partial charge is 0.119 e. The molecule has 0 spiro atoms. The second-order valence-corrected chi connectivity index (χ2v) is 5.05. The summed E-state index contributed by atoms with van der Waals surface area (Å²) in [6, 6.07) is 14.9. The molecule has 0 bridgehead atoms. The number of nitrogens with one attached hydrogen (secondary N) is 1. The number of aryl methyl sites for hydroxylation is 2. The maximum Gasteiger partial charge on any atom is 0.119 e. The molecule has 2 nitrogen and oxygen atoms in total. The van der Waals surface area contributed by atoms with Crippen LogP contribution in [0.5, 0.6) is 5.75 Å². The van der Waals surface area contributed by atoms with Crippen molar-refractivity contribution in [2.45, 2.75) is 12.8 Å². The Labute approximate surface area is 112 Å². The monoisotopic (exact) mass is 249 g/mol. The number of fused-ring (bicyclic) bond motifs is 5. The molecule has 1 N–H and O–H groups in total. The Morgan fingerprint density at radius 3 is 2.84 bits per heavy atom. The molecule has 19 heavy (non-hydrogen) atoms. The molecule has 0 radical (unpaired) electrons. The molecule has 1 aliphatic carbocycles. The predicted octanol–water partition coefficient (Wildman–Crippen LogP) is 3.94. The van der Waals surface area contributed by atoms with Crippen molar-refractivity contribution in [2.24, 2.45) is 0 Å². The fourth-order valence-corrected chi connectivity index (χ4v) is 3.10. The first-order valence-corrected chi connectivity index (χ1v) is 6.63. The third-order valence-corrected chi connectivity index (χ3v) is 4.04. The van der Waals surface area contributed by atoms with Crippen LogP contribution in [-0.2, 0) is 12.8 Å². The van der Waals surface area contributed by atoms with Crippen LogP contribution in [0.1, 0.15) is 11.1 Å². The van der Waals surface area contributed by atoms with E-state index in [2.05, 4.69) is 41.4 Å². The van der Waals surface area contributed by atoms with Crippen LogP contribution in [0.25, 0.3) is 22.2 Å². The average Bonchev–Trinajstić information content (AvgIpc) is 2.85. The topological polar surface area (TPSA) is 25.0 Å². The summed E-state index contributed by atoms with van der Waals surface area (Å²) in [5.74, 6) is 0.943. The van der Waals surface area contributed by atoms with Gasteiger partial charge in [-0.25, -0.2) is 0 Å². The molecule has 2 aromatic carbocycles. The molecule has 0 aliphatic heterocycles. The van der Waals surface area contributed by atoms with Gasteiger partial charge in [0.15, 0.2) is 0 Å². The summed E-state index contributed by atoms with van der Waals surface area (Å²) in [5.41, 5.74) is 6.66. The number of ether oxygens (including phenoxy) is 1. The highest BCUT2D eigenvalue weighted by atomic mass is 16.5. The number of hydrogen-bond donors (Lipinski definition) is 1. The largest absolute Gasteiger partial charge is 0.497 e. The molecule has 0 saturated carbocycles. The van der Waals surface area contributed by atoms with E-state index in [1.807, 2.05) is 6.07 Å². The Balaban J connectivity index is 1.99. The number of benzene rings is 2. The fourth-order valence-electron chi connectivity index (χ4n) is 3.10. The maximum atomic E-state index is 5.32. The van der Waals surface area contributed by atoms with E-state index in [1.54, 1.807) is 7.11 Å². The highest BCUT2D eigenvalue weighted by molar-refractivity contribution is 5.92. The SMILES string of the molecule is COc1ccc2c(c1)CCc1c-2[nH]c2ccccc12. The summed E-state index contributed by atoms with van der Waals surface area (Å²) in [7, 11) is 1.72. The molecular weight excluding hydrogens is 234 g/mol. The summed E-state index contributed by atoms with van der Waals surface area (Å²) in [6.07, 6.45) is 2.18. The molecule has 1 aromatic heterocycles. The van der Waals surface area contributed by atoms with E-state index in [0.717, 1.165) is 18.6 Å². The minimum atomic E-state index is 0.943. The highest BCUT2D eigenvalue weighted by Gasteiger charge is 2.20. The number of hydrogen-bond acceptors (Lipinski definition) is 1. The van der Waals surface area contributed by atoms with Crippen molar-refractivity contribution < 1.29 is 4.74 Å². The third-order valence-electron chi connectivity index (χ3n) is 4.04. The molecule has 1 aliphatic rings. The minimum absolute atomic E-state index is 0.943. The Kier molecular flexibility index (Phi) is 2.18. The van der Waals surface area contributed by atoms with Crippen molar-refractivity contribution in [1.82, 2.24) is 4.98 Å². The van der Waals surface area contributed by atoms with Gasteiger partial charge in [-0.05, 0) is 48.2 Å². The number of aromatic amines is 1. The normalized spacial score (nSPS) is 13.1. The molecular formula is C17H15NO. The summed E-state index contributed by atoms with van der Waals surface area (Å²) >= 11 is 0. The van der Waals surface area contributed by atoms with Crippen LogP contribution in [0.2, 0.25) is 0 Å². The Morgan fingerprint density at radius 1 is 1.05 bits per heavy atom. The van der Waals surface area contributed by atoms with E-state index in [-0.39, 0.29) is 0 Å². The lowest BCUT2D eigenvalue weighted by Crippen LogP contribution is -2.03. The van der Waals surface area contributed by atoms with Gasteiger partial charge in [-0.1, -0.05) is 18.2 Å². The zero-order chi connectivity index (χ0) is 12.8. The van der Waals surface area contributed by atoms with Gasteiger partial charge in [-0.2, -0.15) is 0 Å². The van der Waals surface area contributed by atoms with Gasteiger partial charge in [0.25, 0.3) is 0 Å². The summed E-state index contributed by atoms with van der Waals surface area (Å²) in [4.78, 5) is 3.57. The summed E-state index contributed by atoms with van der Waals surface area (Å²) < 4.78 is 5.32. The van der Waals surface area contributed by atoms with Crippen molar-refractivity contribution in [3.05, 3.63) is 53.6 Å². The second-order valence-electron chi connectivity index (χ2n) is 5.05. The van der Waals surface area contributed by atoms with Gasteiger partial charge in [-0.3, -0.25) is 0 Å². The van der Waals surface area contributed by atoms with Crippen LogP contribution < -0.4 is 4.74 Å². The van der Waals surface area contributed by atoms with Crippen molar-refractivity contribution >= 4 is 10.9 Å². The molecule has 1 heterocycles. The quantitative estimate of drug-likeness (QED) is 0.694. The highest BCUT2D eigenvalue weighted by Crippen LogP contribution is 2.38. The molecule has 0 amide bonds. The van der Waals surface area contributed by atoms with Crippen LogP contribution in [0.4, 0.5) is 0 Å². The molecule has 4 rings (SSSR count). The van der Waals surface area contributed by atoms with E-state index < -0.39 is 0 Å². The van der Waals surface area contributed by atoms with Crippen LogP contribution >= 0.6 is 0 Å². The molecule has 0 unspecified atom stereocenters. The minimum Gasteiger partial charge on any atom is -0.497 e. The van der Waals surface area contributed by atoms with Gasteiger partial charge in [0.2, 0.25) is 0 Å². The summed E-state index contributed by atoms with van der Waals surface area (Å²) in [6.45, 7) is 0. The molecule has 0 saturated heterocycles. The zero-order valence-corrected chi connectivity index (χ0v) is 10.9. The molecule has 0 atom stereocenters. The fraction of sp³-hybridized carbons (Fsp3) is 0.176. The molecule has 94 valence electrons. The van der Waals surface area contributed by atoms with E-state index in [4.69, 9.17) is 4.74 Å². The zero-order valence-electron chi connectivity index (χ0n) is 10.9. The van der Waals surface area contributed by atoms with Crippen LogP contribution in [0.15, 0.2) is 42.5 Å². The lowest BCUT2D eigenvalue weighted by molar-refractivity contribution is 0.414. The first kappa shape index (κ1) is 10.7. The first-order chi connectivity index (χ1) is 9.36. The lowest BCUT2D eigenvalue weighted by atomic mass is 9.89. The Morgan fingerprint density at radius 2 is 1.95 bits per heavy atom. The van der Waals surface area contributed by atoms with Gasteiger partial charge >= 0.3 is 0 Å². The van der Waals surface area contributed by atoms with Crippen molar-refractivity contribution in [3.63, 3.8) is 0 Å². The third kappa shape index (κ3) is 1.49. The van der Waals surface area contributed by atoms with Crippen molar-refractivity contribution in [3.8, 4) is 17.0 Å². The first-order valence-electron chi connectivity index (χ1n) is 6.63. The number of rotatable bonds is 1. The Hall–Kier alpha value is -2.22. The van der Waals surface area contributed by atoms with Crippen LogP contribution in [-0.4, -0.2) is 12.1 Å². The standard InChI is InChI=1S/C17H15NO/c1-19-12-7-9-13-11(10-12)6-8-15-14-4-2-3-5-16(14)18-17(13)15/h2-5,7,9-10,18H,6,8H2,1H3. The van der Waals surface area contributed by atoms with E-state index >= 15 is 0 Å². The Bertz CT molecular complexity index is 770. The number of methoxy groups -OCH3 is 1. The van der Waals surface area contributed by atoms with Gasteiger partial charge in [0, 0.05) is 22.2 Å². The van der Waals surface area contributed by atoms with Crippen molar-refractivity contribution in [1.29, 1.82) is 0 Å². The number of para-hydroxylation sites is 1. The van der Waals surface area contributed by atoms with E-state index in [1.165, 1.54) is 33.3 Å². The number of aromatic nitrogens is 1. The van der Waals surface area contributed by atoms with E-state index in [0.29, 0.717) is 0 Å². The molecule has 0 fully saturated rings. The second kappa shape index (κ2) is 3.89. The summed E-state index contributed by atoms with van der Waals surface area (Å²) in [5, 5.41) is 1.36. The van der Waals surface area contributed by atoms with E-state index in [9.17, 15) is 0 Å².